The topological polar surface area (TPSA) is 65.7 Å². The second-order valence-corrected chi connectivity index (χ2v) is 7.29. The molecule has 0 bridgehead atoms. The molecule has 2 aromatic carbocycles. The van der Waals surface area contributed by atoms with Crippen molar-refractivity contribution in [2.75, 3.05) is 13.7 Å². The number of hydrogen-bond donors (Lipinski definition) is 0. The lowest BCUT2D eigenvalue weighted by Crippen LogP contribution is -2.23. The van der Waals surface area contributed by atoms with Gasteiger partial charge in [-0.3, -0.25) is 4.79 Å². The van der Waals surface area contributed by atoms with Crippen LogP contribution in [0.25, 0.3) is 22.4 Å². The normalized spacial score (nSPS) is 11.9. The van der Waals surface area contributed by atoms with Gasteiger partial charge in [0.2, 0.25) is 4.96 Å². The molecule has 4 rings (SSSR count). The van der Waals surface area contributed by atoms with E-state index in [0.29, 0.717) is 44.0 Å². The van der Waals surface area contributed by atoms with Crippen molar-refractivity contribution in [3.05, 3.63) is 67.9 Å². The van der Waals surface area contributed by atoms with Crippen LogP contribution in [-0.4, -0.2) is 28.3 Å². The predicted octanol–water partition coefficient (Wildman–Crippen LogP) is 3.43. The van der Waals surface area contributed by atoms with Crippen LogP contribution in [0.4, 0.5) is 0 Å². The lowest BCUT2D eigenvalue weighted by Gasteiger charge is -2.09. The van der Waals surface area contributed by atoms with Gasteiger partial charge in [0.05, 0.1) is 23.3 Å². The van der Waals surface area contributed by atoms with Crippen molar-refractivity contribution in [3.63, 3.8) is 0 Å². The van der Waals surface area contributed by atoms with Gasteiger partial charge in [-0.1, -0.05) is 41.1 Å². The molecule has 142 valence electrons. The molecule has 0 fully saturated rings. The van der Waals surface area contributed by atoms with Crippen LogP contribution in [0.5, 0.6) is 11.5 Å². The second-order valence-electron chi connectivity index (χ2n) is 5.87. The molecule has 0 unspecified atom stereocenters. The molecule has 0 aliphatic rings. The van der Waals surface area contributed by atoms with Gasteiger partial charge in [0.1, 0.15) is 0 Å². The fourth-order valence-corrected chi connectivity index (χ4v) is 3.92. The maximum Gasteiger partial charge on any atom is 0.291 e. The summed E-state index contributed by atoms with van der Waals surface area (Å²) >= 11 is 7.48. The first-order valence-electron chi connectivity index (χ1n) is 8.57. The first-order valence-corrected chi connectivity index (χ1v) is 9.77. The van der Waals surface area contributed by atoms with Crippen LogP contribution in [-0.2, 0) is 0 Å². The van der Waals surface area contributed by atoms with E-state index in [1.165, 1.54) is 15.9 Å². The number of hydrogen-bond acceptors (Lipinski definition) is 6. The van der Waals surface area contributed by atoms with E-state index < -0.39 is 0 Å². The molecule has 0 aliphatic heterocycles. The van der Waals surface area contributed by atoms with E-state index in [1.807, 2.05) is 43.3 Å². The van der Waals surface area contributed by atoms with Gasteiger partial charge in [-0.2, -0.15) is 9.50 Å². The Morgan fingerprint density at radius 3 is 2.75 bits per heavy atom. The third-order valence-electron chi connectivity index (χ3n) is 4.08. The Hall–Kier alpha value is -2.90. The average Bonchev–Trinajstić information content (AvgIpc) is 3.23. The number of thiazole rings is 1. The number of nitrogens with zero attached hydrogens (tertiary/aromatic N) is 3. The highest BCUT2D eigenvalue weighted by atomic mass is 35.5. The van der Waals surface area contributed by atoms with E-state index in [0.717, 1.165) is 5.56 Å². The van der Waals surface area contributed by atoms with Gasteiger partial charge < -0.3 is 9.47 Å². The Kier molecular flexibility index (Phi) is 5.02. The van der Waals surface area contributed by atoms with Crippen LogP contribution in [0.15, 0.2) is 47.3 Å². The van der Waals surface area contributed by atoms with Crippen molar-refractivity contribution < 1.29 is 9.47 Å². The molecule has 0 aliphatic carbocycles. The van der Waals surface area contributed by atoms with Crippen molar-refractivity contribution >= 4 is 34.0 Å². The highest BCUT2D eigenvalue weighted by Gasteiger charge is 2.14. The zero-order valence-electron chi connectivity index (χ0n) is 15.2. The summed E-state index contributed by atoms with van der Waals surface area (Å²) in [6.07, 6.45) is 1.79. The molecule has 4 aromatic rings. The highest BCUT2D eigenvalue weighted by molar-refractivity contribution is 7.15. The molecule has 0 radical (unpaired) electrons. The zero-order valence-corrected chi connectivity index (χ0v) is 16.8. The maximum absolute atomic E-state index is 12.7. The van der Waals surface area contributed by atoms with E-state index in [-0.39, 0.29) is 5.56 Å². The second kappa shape index (κ2) is 7.61. The van der Waals surface area contributed by atoms with Crippen LogP contribution in [0.2, 0.25) is 5.02 Å². The van der Waals surface area contributed by atoms with Gasteiger partial charge in [-0.05, 0) is 42.8 Å². The summed E-state index contributed by atoms with van der Waals surface area (Å²) in [6.45, 7) is 2.46. The molecule has 8 heteroatoms. The molecule has 0 N–H and O–H groups in total. The Balaban J connectivity index is 1.76. The Morgan fingerprint density at radius 1 is 1.21 bits per heavy atom. The number of ether oxygens (including phenoxy) is 2. The van der Waals surface area contributed by atoms with Gasteiger partial charge in [0.25, 0.3) is 5.56 Å². The van der Waals surface area contributed by atoms with Gasteiger partial charge in [0.15, 0.2) is 17.3 Å². The minimum absolute atomic E-state index is 0.223. The van der Waals surface area contributed by atoms with Crippen LogP contribution < -0.4 is 19.6 Å². The van der Waals surface area contributed by atoms with Crippen molar-refractivity contribution in [1.82, 2.24) is 14.6 Å². The minimum atomic E-state index is -0.223. The summed E-state index contributed by atoms with van der Waals surface area (Å²) in [5, 5.41) is 4.88. The van der Waals surface area contributed by atoms with Gasteiger partial charge in [-0.15, -0.1) is 5.10 Å². The SMILES string of the molecule is CCOc1ccc(/C=c2\sc3nc(-c4ccccc4Cl)nn3c2=O)cc1OC. The van der Waals surface area contributed by atoms with Gasteiger partial charge in [-0.25, -0.2) is 0 Å². The molecule has 0 spiro atoms. The van der Waals surface area contributed by atoms with Crippen molar-refractivity contribution in [2.45, 2.75) is 6.92 Å². The van der Waals surface area contributed by atoms with Crippen molar-refractivity contribution in [1.29, 1.82) is 0 Å². The molecule has 0 saturated carbocycles. The fourth-order valence-electron chi connectivity index (χ4n) is 2.79. The first kappa shape index (κ1) is 18.5. The number of benzene rings is 2. The fraction of sp³-hybridized carbons (Fsp3) is 0.150. The van der Waals surface area contributed by atoms with E-state index in [1.54, 1.807) is 19.3 Å². The van der Waals surface area contributed by atoms with Crippen LogP contribution in [0, 0.1) is 0 Å². The van der Waals surface area contributed by atoms with Gasteiger partial charge >= 0.3 is 0 Å². The maximum atomic E-state index is 12.7. The first-order chi connectivity index (χ1) is 13.6. The lowest BCUT2D eigenvalue weighted by atomic mass is 10.2. The smallest absolute Gasteiger partial charge is 0.291 e. The standard InChI is InChI=1S/C20H16ClN3O3S/c1-3-27-15-9-8-12(10-16(15)26-2)11-17-19(25)24-20(28-17)22-18(23-24)13-6-4-5-7-14(13)21/h4-11H,3H2,1-2H3/b17-11-. The highest BCUT2D eigenvalue weighted by Crippen LogP contribution is 2.28. The van der Waals surface area contributed by atoms with E-state index in [2.05, 4.69) is 10.1 Å². The number of aromatic nitrogens is 3. The number of methoxy groups -OCH3 is 1. The van der Waals surface area contributed by atoms with E-state index in [4.69, 9.17) is 21.1 Å². The summed E-state index contributed by atoms with van der Waals surface area (Å²) in [5.74, 6) is 1.71. The Morgan fingerprint density at radius 2 is 2.04 bits per heavy atom. The van der Waals surface area contributed by atoms with E-state index in [9.17, 15) is 4.79 Å². The lowest BCUT2D eigenvalue weighted by molar-refractivity contribution is 0.311. The third-order valence-corrected chi connectivity index (χ3v) is 5.37. The predicted molar refractivity (Wildman–Crippen MR) is 111 cm³/mol. The molecule has 2 heterocycles. The molecule has 2 aromatic heterocycles. The minimum Gasteiger partial charge on any atom is -0.493 e. The summed E-state index contributed by atoms with van der Waals surface area (Å²) in [4.78, 5) is 17.7. The Labute approximate surface area is 169 Å². The molecule has 0 saturated heterocycles. The average molecular weight is 414 g/mol. The quantitative estimate of drug-likeness (QED) is 0.501. The molecule has 0 atom stereocenters. The summed E-state index contributed by atoms with van der Waals surface area (Å²) in [5.41, 5.74) is 1.30. The third kappa shape index (κ3) is 3.34. The van der Waals surface area contributed by atoms with Gasteiger partial charge in [0, 0.05) is 5.56 Å². The van der Waals surface area contributed by atoms with Crippen LogP contribution >= 0.6 is 22.9 Å². The van der Waals surface area contributed by atoms with Crippen LogP contribution in [0.1, 0.15) is 12.5 Å². The molecule has 6 nitrogen and oxygen atoms in total. The zero-order chi connectivity index (χ0) is 19.7. The number of fused-ring (bicyclic) bond motifs is 1. The van der Waals surface area contributed by atoms with Crippen molar-refractivity contribution in [2.24, 2.45) is 0 Å². The summed E-state index contributed by atoms with van der Waals surface area (Å²) < 4.78 is 12.7. The molecular weight excluding hydrogens is 398 g/mol. The van der Waals surface area contributed by atoms with Crippen molar-refractivity contribution in [3.8, 4) is 22.9 Å². The molecule has 28 heavy (non-hydrogen) atoms. The van der Waals surface area contributed by atoms with Crippen LogP contribution in [0.3, 0.4) is 0 Å². The monoisotopic (exact) mass is 413 g/mol. The number of halogens is 1. The number of rotatable bonds is 5. The van der Waals surface area contributed by atoms with E-state index >= 15 is 0 Å². The largest absolute Gasteiger partial charge is 0.493 e. The summed E-state index contributed by atoms with van der Waals surface area (Å²) in [6, 6.07) is 12.8. The molecule has 0 amide bonds. The summed E-state index contributed by atoms with van der Waals surface area (Å²) in [7, 11) is 1.58. The Bertz CT molecular complexity index is 1270. The molecular formula is C20H16ClN3O3S.